The van der Waals surface area contributed by atoms with Crippen LogP contribution in [0.3, 0.4) is 0 Å². The molecule has 2 saturated heterocycles. The molecule has 2 fully saturated rings. The summed E-state index contributed by atoms with van der Waals surface area (Å²) in [6.45, 7) is 6.53. The first-order valence-corrected chi connectivity index (χ1v) is 11.1. The van der Waals surface area contributed by atoms with Gasteiger partial charge in [0.25, 0.3) is 11.8 Å². The van der Waals surface area contributed by atoms with Gasteiger partial charge in [-0.25, -0.2) is 0 Å². The quantitative estimate of drug-likeness (QED) is 0.741. The lowest BCUT2D eigenvalue weighted by molar-refractivity contribution is 0.0303. The van der Waals surface area contributed by atoms with Crippen molar-refractivity contribution in [3.05, 3.63) is 65.2 Å². The van der Waals surface area contributed by atoms with Crippen LogP contribution in [0.5, 0.6) is 5.75 Å². The number of hydrogen-bond acceptors (Lipinski definition) is 4. The van der Waals surface area contributed by atoms with Crippen LogP contribution in [0.2, 0.25) is 0 Å². The van der Waals surface area contributed by atoms with E-state index in [1.54, 1.807) is 0 Å². The third-order valence-electron chi connectivity index (χ3n) is 5.96. The van der Waals surface area contributed by atoms with Gasteiger partial charge in [0.2, 0.25) is 0 Å². The van der Waals surface area contributed by atoms with Crippen LogP contribution in [0.15, 0.2) is 48.5 Å². The Balaban J connectivity index is 1.29. The second-order valence-electron chi connectivity index (χ2n) is 8.37. The van der Waals surface area contributed by atoms with E-state index in [9.17, 15) is 9.59 Å². The zero-order valence-corrected chi connectivity index (χ0v) is 18.1. The zero-order valence-electron chi connectivity index (χ0n) is 18.1. The van der Waals surface area contributed by atoms with Crippen molar-refractivity contribution in [3.63, 3.8) is 0 Å². The molecule has 2 aromatic carbocycles. The van der Waals surface area contributed by atoms with Crippen molar-refractivity contribution in [2.75, 3.05) is 46.0 Å². The van der Waals surface area contributed by atoms with E-state index in [1.165, 1.54) is 0 Å². The van der Waals surface area contributed by atoms with Gasteiger partial charge in [-0.1, -0.05) is 17.7 Å². The number of aryl methyl sites for hydroxylation is 1. The molecular weight excluding hydrogens is 392 g/mol. The van der Waals surface area contributed by atoms with Crippen molar-refractivity contribution in [1.29, 1.82) is 0 Å². The molecule has 0 N–H and O–H groups in total. The van der Waals surface area contributed by atoms with Crippen LogP contribution in [-0.2, 0) is 4.74 Å². The Morgan fingerprint density at radius 1 is 0.968 bits per heavy atom. The van der Waals surface area contributed by atoms with Crippen LogP contribution < -0.4 is 4.74 Å². The number of amides is 2. The number of carbonyl (C=O) groups excluding carboxylic acids is 2. The molecule has 4 rings (SSSR count). The molecule has 6 heteroatoms. The van der Waals surface area contributed by atoms with Gasteiger partial charge in [-0.05, 0) is 56.2 Å². The number of likely N-dealkylation sites (tertiary alicyclic amines) is 1. The Kier molecular flexibility index (Phi) is 6.87. The minimum absolute atomic E-state index is 0.0347. The summed E-state index contributed by atoms with van der Waals surface area (Å²) in [7, 11) is 0. The first-order valence-electron chi connectivity index (χ1n) is 11.1. The summed E-state index contributed by atoms with van der Waals surface area (Å²) in [4.78, 5) is 29.2. The summed E-state index contributed by atoms with van der Waals surface area (Å²) in [5.41, 5.74) is 2.52. The van der Waals surface area contributed by atoms with Crippen molar-refractivity contribution < 1.29 is 19.1 Å². The number of hydrogen-bond donors (Lipinski definition) is 0. The number of ether oxygens (including phenoxy) is 2. The molecule has 1 unspecified atom stereocenters. The van der Waals surface area contributed by atoms with Gasteiger partial charge in [-0.15, -0.1) is 0 Å². The fourth-order valence-corrected chi connectivity index (χ4v) is 4.20. The van der Waals surface area contributed by atoms with Crippen LogP contribution in [0, 0.1) is 12.8 Å². The van der Waals surface area contributed by atoms with E-state index in [1.807, 2.05) is 65.3 Å². The van der Waals surface area contributed by atoms with Crippen molar-refractivity contribution in [1.82, 2.24) is 9.80 Å². The number of morpholine rings is 1. The summed E-state index contributed by atoms with van der Waals surface area (Å²) in [6.07, 6.45) is 2.03. The Hall–Kier alpha value is -2.86. The second-order valence-corrected chi connectivity index (χ2v) is 8.37. The van der Waals surface area contributed by atoms with Crippen molar-refractivity contribution >= 4 is 11.8 Å². The average Bonchev–Trinajstić information content (AvgIpc) is 2.83. The zero-order chi connectivity index (χ0) is 21.6. The second kappa shape index (κ2) is 9.96. The predicted molar refractivity (Wildman–Crippen MR) is 118 cm³/mol. The molecule has 2 aromatic rings. The van der Waals surface area contributed by atoms with Gasteiger partial charge in [0, 0.05) is 43.2 Å². The minimum Gasteiger partial charge on any atom is -0.493 e. The highest BCUT2D eigenvalue weighted by Gasteiger charge is 2.25. The van der Waals surface area contributed by atoms with E-state index in [2.05, 4.69) is 0 Å². The fraction of sp³-hybridized carbons (Fsp3) is 0.440. The molecule has 0 bridgehead atoms. The van der Waals surface area contributed by atoms with Crippen molar-refractivity contribution in [2.24, 2.45) is 5.92 Å². The molecule has 0 saturated carbocycles. The van der Waals surface area contributed by atoms with E-state index in [0.717, 1.165) is 36.3 Å². The maximum Gasteiger partial charge on any atom is 0.254 e. The van der Waals surface area contributed by atoms with Gasteiger partial charge in [-0.3, -0.25) is 9.59 Å². The van der Waals surface area contributed by atoms with Gasteiger partial charge >= 0.3 is 0 Å². The monoisotopic (exact) mass is 422 g/mol. The largest absolute Gasteiger partial charge is 0.493 e. The number of nitrogens with zero attached hydrogens (tertiary/aromatic N) is 2. The summed E-state index contributed by atoms with van der Waals surface area (Å²) in [5, 5.41) is 0. The summed E-state index contributed by atoms with van der Waals surface area (Å²) >= 11 is 0. The molecule has 2 amide bonds. The first kappa shape index (κ1) is 21.4. The maximum absolute atomic E-state index is 12.8. The topological polar surface area (TPSA) is 59.1 Å². The van der Waals surface area contributed by atoms with Crippen molar-refractivity contribution in [2.45, 2.75) is 19.8 Å². The normalized spacial score (nSPS) is 19.2. The highest BCUT2D eigenvalue weighted by molar-refractivity contribution is 5.95. The fourth-order valence-electron chi connectivity index (χ4n) is 4.20. The van der Waals surface area contributed by atoms with Crippen LogP contribution in [0.25, 0.3) is 0 Å². The molecular formula is C25H30N2O4. The molecule has 1 atom stereocenters. The molecule has 164 valence electrons. The molecule has 31 heavy (non-hydrogen) atoms. The number of piperidine rings is 1. The van der Waals surface area contributed by atoms with E-state index in [4.69, 9.17) is 9.47 Å². The van der Waals surface area contributed by atoms with Gasteiger partial charge in [0.15, 0.2) is 0 Å². The van der Waals surface area contributed by atoms with Crippen LogP contribution in [-0.4, -0.2) is 67.6 Å². The Labute approximate surface area is 183 Å². The standard InChI is InChI=1S/C25H30N2O4/c1-19-4-2-6-22(16-19)25(29)27-11-3-5-20(17-27)18-31-23-9-7-21(8-10-23)24(28)26-12-14-30-15-13-26/h2,4,6-10,16,20H,3,5,11-15,17-18H2,1H3. The van der Waals surface area contributed by atoms with E-state index >= 15 is 0 Å². The lowest BCUT2D eigenvalue weighted by Crippen LogP contribution is -2.41. The van der Waals surface area contributed by atoms with Gasteiger partial charge in [0.1, 0.15) is 5.75 Å². The third-order valence-corrected chi connectivity index (χ3v) is 5.96. The van der Waals surface area contributed by atoms with Crippen LogP contribution >= 0.6 is 0 Å². The van der Waals surface area contributed by atoms with Gasteiger partial charge in [-0.2, -0.15) is 0 Å². The highest BCUT2D eigenvalue weighted by atomic mass is 16.5. The number of rotatable bonds is 5. The van der Waals surface area contributed by atoms with Gasteiger partial charge in [0.05, 0.1) is 19.8 Å². The average molecular weight is 423 g/mol. The lowest BCUT2D eigenvalue weighted by atomic mass is 9.98. The highest BCUT2D eigenvalue weighted by Crippen LogP contribution is 2.21. The summed E-state index contributed by atoms with van der Waals surface area (Å²) in [6, 6.07) is 15.1. The molecule has 2 heterocycles. The van der Waals surface area contributed by atoms with Crippen molar-refractivity contribution in [3.8, 4) is 5.75 Å². The molecule has 6 nitrogen and oxygen atoms in total. The minimum atomic E-state index is 0.0347. The van der Waals surface area contributed by atoms with Gasteiger partial charge < -0.3 is 19.3 Å². The van der Waals surface area contributed by atoms with E-state index < -0.39 is 0 Å². The Morgan fingerprint density at radius 2 is 1.71 bits per heavy atom. The third kappa shape index (κ3) is 5.44. The summed E-state index contributed by atoms with van der Waals surface area (Å²) in [5.74, 6) is 1.18. The maximum atomic E-state index is 12.8. The predicted octanol–water partition coefficient (Wildman–Crippen LogP) is 3.40. The molecule has 0 aromatic heterocycles. The molecule has 0 spiro atoms. The van der Waals surface area contributed by atoms with E-state index in [-0.39, 0.29) is 11.8 Å². The molecule has 0 aliphatic carbocycles. The Morgan fingerprint density at radius 3 is 2.45 bits per heavy atom. The smallest absolute Gasteiger partial charge is 0.254 e. The van der Waals surface area contributed by atoms with Crippen LogP contribution in [0.4, 0.5) is 0 Å². The number of benzene rings is 2. The van der Waals surface area contributed by atoms with E-state index in [0.29, 0.717) is 50.9 Å². The SMILES string of the molecule is Cc1cccc(C(=O)N2CCCC(COc3ccc(C(=O)N4CCOCC4)cc3)C2)c1. The summed E-state index contributed by atoms with van der Waals surface area (Å²) < 4.78 is 11.3. The molecule has 2 aliphatic heterocycles. The molecule has 0 radical (unpaired) electrons. The Bertz CT molecular complexity index is 906. The first-order chi connectivity index (χ1) is 15.1. The number of carbonyl (C=O) groups is 2. The van der Waals surface area contributed by atoms with Crippen LogP contribution in [0.1, 0.15) is 39.1 Å². The molecule has 2 aliphatic rings. The lowest BCUT2D eigenvalue weighted by Gasteiger charge is -2.32.